The van der Waals surface area contributed by atoms with Crippen molar-refractivity contribution in [3.05, 3.63) is 54.1 Å². The van der Waals surface area contributed by atoms with Crippen molar-refractivity contribution in [2.45, 2.75) is 6.92 Å². The molecule has 0 aromatic heterocycles. The summed E-state index contributed by atoms with van der Waals surface area (Å²) in [6.07, 6.45) is 0. The van der Waals surface area contributed by atoms with Crippen molar-refractivity contribution in [2.24, 2.45) is 0 Å². The van der Waals surface area contributed by atoms with Gasteiger partial charge < -0.3 is 9.84 Å². The van der Waals surface area contributed by atoms with Crippen molar-refractivity contribution in [1.82, 2.24) is 0 Å². The van der Waals surface area contributed by atoms with Gasteiger partial charge in [0.05, 0.1) is 0 Å². The summed E-state index contributed by atoms with van der Waals surface area (Å²) in [5.74, 6) is -0.410. The Bertz CT molecular complexity index is 561. The van der Waals surface area contributed by atoms with Crippen LogP contribution in [0.4, 0.5) is 0 Å². The summed E-state index contributed by atoms with van der Waals surface area (Å²) in [5.41, 5.74) is 3.29. The Kier molecular flexibility index (Phi) is 3.63. The molecule has 0 radical (unpaired) electrons. The fourth-order valence-electron chi connectivity index (χ4n) is 1.74. The summed E-state index contributed by atoms with van der Waals surface area (Å²) in [7, 11) is 0. The van der Waals surface area contributed by atoms with Crippen LogP contribution < -0.4 is 4.74 Å². The minimum atomic E-state index is -0.976. The molecule has 0 aliphatic rings. The topological polar surface area (TPSA) is 46.5 Å². The van der Waals surface area contributed by atoms with E-state index < -0.39 is 5.97 Å². The third kappa shape index (κ3) is 3.10. The largest absolute Gasteiger partial charge is 0.482 e. The Labute approximate surface area is 106 Å². The van der Waals surface area contributed by atoms with Gasteiger partial charge in [0.15, 0.2) is 6.61 Å². The maximum Gasteiger partial charge on any atom is 0.341 e. The van der Waals surface area contributed by atoms with E-state index in [1.807, 2.05) is 43.3 Å². The molecule has 0 fully saturated rings. The molecule has 2 aromatic carbocycles. The molecule has 0 heterocycles. The second-order valence-electron chi connectivity index (χ2n) is 4.08. The first-order valence-corrected chi connectivity index (χ1v) is 5.67. The number of aliphatic carboxylic acids is 1. The predicted molar refractivity (Wildman–Crippen MR) is 69.7 cm³/mol. The zero-order valence-electron chi connectivity index (χ0n) is 10.1. The molecule has 0 bridgehead atoms. The molecule has 0 aliphatic carbocycles. The number of benzene rings is 2. The summed E-state index contributed by atoms with van der Waals surface area (Å²) < 4.78 is 5.16. The van der Waals surface area contributed by atoms with Crippen LogP contribution in [0.15, 0.2) is 48.5 Å². The maximum absolute atomic E-state index is 10.4. The van der Waals surface area contributed by atoms with Crippen molar-refractivity contribution < 1.29 is 14.6 Å². The molecular formula is C15H14O3. The van der Waals surface area contributed by atoms with Gasteiger partial charge in [0.25, 0.3) is 0 Å². The minimum absolute atomic E-state index is 0.322. The van der Waals surface area contributed by atoms with E-state index in [9.17, 15) is 4.79 Å². The fraction of sp³-hybridized carbons (Fsp3) is 0.133. The first kappa shape index (κ1) is 12.2. The van der Waals surface area contributed by atoms with Crippen molar-refractivity contribution in [3.8, 4) is 16.9 Å². The maximum atomic E-state index is 10.4. The average molecular weight is 242 g/mol. The Balaban J connectivity index is 2.24. The van der Waals surface area contributed by atoms with Crippen LogP contribution >= 0.6 is 0 Å². The number of hydrogen-bond donors (Lipinski definition) is 1. The minimum Gasteiger partial charge on any atom is -0.482 e. The van der Waals surface area contributed by atoms with Gasteiger partial charge in [-0.15, -0.1) is 0 Å². The Morgan fingerprint density at radius 3 is 2.44 bits per heavy atom. The molecule has 0 saturated heterocycles. The number of rotatable bonds is 4. The monoisotopic (exact) mass is 242 g/mol. The van der Waals surface area contributed by atoms with Crippen LogP contribution in [-0.2, 0) is 4.79 Å². The molecule has 0 amide bonds. The molecule has 1 N–H and O–H groups in total. The number of ether oxygens (including phenoxy) is 1. The Morgan fingerprint density at radius 2 is 1.78 bits per heavy atom. The van der Waals surface area contributed by atoms with Gasteiger partial charge in [-0.3, -0.25) is 0 Å². The van der Waals surface area contributed by atoms with Gasteiger partial charge in [0.1, 0.15) is 5.75 Å². The third-order valence-electron chi connectivity index (χ3n) is 2.55. The molecule has 92 valence electrons. The molecular weight excluding hydrogens is 228 g/mol. The van der Waals surface area contributed by atoms with Crippen LogP contribution in [0.5, 0.6) is 5.75 Å². The van der Waals surface area contributed by atoms with E-state index >= 15 is 0 Å². The number of carboxylic acids is 1. The summed E-state index contributed by atoms with van der Waals surface area (Å²) in [6, 6.07) is 15.6. The quantitative estimate of drug-likeness (QED) is 0.896. The van der Waals surface area contributed by atoms with Gasteiger partial charge in [0, 0.05) is 0 Å². The van der Waals surface area contributed by atoms with E-state index in [0.717, 1.165) is 11.1 Å². The van der Waals surface area contributed by atoms with Gasteiger partial charge in [-0.25, -0.2) is 4.79 Å². The predicted octanol–water partition coefficient (Wildman–Crippen LogP) is 3.13. The molecule has 2 aromatic rings. The van der Waals surface area contributed by atoms with Crippen LogP contribution in [0.1, 0.15) is 5.56 Å². The number of carboxylic acid groups (broad SMARTS) is 1. The number of aryl methyl sites for hydroxylation is 1. The van der Waals surface area contributed by atoms with Gasteiger partial charge >= 0.3 is 5.97 Å². The van der Waals surface area contributed by atoms with Gasteiger partial charge in [-0.1, -0.05) is 42.0 Å². The first-order chi connectivity index (χ1) is 8.65. The normalized spacial score (nSPS) is 10.1. The third-order valence-corrected chi connectivity index (χ3v) is 2.55. The number of hydrogen-bond acceptors (Lipinski definition) is 2. The molecule has 18 heavy (non-hydrogen) atoms. The summed E-state index contributed by atoms with van der Waals surface area (Å²) in [6.45, 7) is 1.71. The van der Waals surface area contributed by atoms with Crippen LogP contribution in [-0.4, -0.2) is 17.7 Å². The molecule has 3 heteroatoms. The van der Waals surface area contributed by atoms with E-state index in [2.05, 4.69) is 6.07 Å². The lowest BCUT2D eigenvalue weighted by Crippen LogP contribution is -2.09. The summed E-state index contributed by atoms with van der Waals surface area (Å²) >= 11 is 0. The molecule has 2 rings (SSSR count). The van der Waals surface area contributed by atoms with Gasteiger partial charge in [-0.2, -0.15) is 0 Å². The lowest BCUT2D eigenvalue weighted by molar-refractivity contribution is -0.139. The van der Waals surface area contributed by atoms with Crippen LogP contribution in [0, 0.1) is 6.92 Å². The standard InChI is InChI=1S/C15H14O3/c1-11-4-2-5-12(8-11)13-6-3-7-14(9-13)18-10-15(16)17/h2-9H,10H2,1H3,(H,16,17). The lowest BCUT2D eigenvalue weighted by Gasteiger charge is -2.07. The Morgan fingerprint density at radius 1 is 1.11 bits per heavy atom. The summed E-state index contributed by atoms with van der Waals surface area (Å²) in [5, 5.41) is 8.57. The molecule has 0 aliphatic heterocycles. The van der Waals surface area contributed by atoms with Crippen molar-refractivity contribution >= 4 is 5.97 Å². The highest BCUT2D eigenvalue weighted by Crippen LogP contribution is 2.24. The number of carbonyl (C=O) groups is 1. The van der Waals surface area contributed by atoms with Gasteiger partial charge in [0.2, 0.25) is 0 Å². The highest BCUT2D eigenvalue weighted by molar-refractivity contribution is 5.69. The van der Waals surface area contributed by atoms with Crippen LogP contribution in [0.3, 0.4) is 0 Å². The lowest BCUT2D eigenvalue weighted by atomic mass is 10.0. The molecule has 0 saturated carbocycles. The van der Waals surface area contributed by atoms with Crippen LogP contribution in [0.2, 0.25) is 0 Å². The molecule has 0 unspecified atom stereocenters. The summed E-state index contributed by atoms with van der Waals surface area (Å²) in [4.78, 5) is 10.4. The van der Waals surface area contributed by atoms with E-state index in [4.69, 9.17) is 9.84 Å². The molecule has 3 nitrogen and oxygen atoms in total. The molecule has 0 spiro atoms. The van der Waals surface area contributed by atoms with E-state index in [1.165, 1.54) is 5.56 Å². The fourth-order valence-corrected chi connectivity index (χ4v) is 1.74. The highest BCUT2D eigenvalue weighted by Gasteiger charge is 2.02. The SMILES string of the molecule is Cc1cccc(-c2cccc(OCC(=O)O)c2)c1. The van der Waals surface area contributed by atoms with Gasteiger partial charge in [-0.05, 0) is 30.2 Å². The van der Waals surface area contributed by atoms with Crippen LogP contribution in [0.25, 0.3) is 11.1 Å². The highest BCUT2D eigenvalue weighted by atomic mass is 16.5. The first-order valence-electron chi connectivity index (χ1n) is 5.67. The second-order valence-corrected chi connectivity index (χ2v) is 4.08. The molecule has 0 atom stereocenters. The van der Waals surface area contributed by atoms with E-state index in [0.29, 0.717) is 5.75 Å². The van der Waals surface area contributed by atoms with Crippen molar-refractivity contribution in [3.63, 3.8) is 0 Å². The van der Waals surface area contributed by atoms with Crippen molar-refractivity contribution in [2.75, 3.05) is 6.61 Å². The van der Waals surface area contributed by atoms with E-state index in [-0.39, 0.29) is 6.61 Å². The van der Waals surface area contributed by atoms with Crippen molar-refractivity contribution in [1.29, 1.82) is 0 Å². The average Bonchev–Trinajstić information content (AvgIpc) is 2.37. The zero-order chi connectivity index (χ0) is 13.0. The zero-order valence-corrected chi connectivity index (χ0v) is 10.1. The Hall–Kier alpha value is -2.29. The second kappa shape index (κ2) is 5.36. The van der Waals surface area contributed by atoms with E-state index in [1.54, 1.807) is 6.07 Å². The smallest absolute Gasteiger partial charge is 0.341 e.